The Kier molecular flexibility index (Phi) is 4.55. The summed E-state index contributed by atoms with van der Waals surface area (Å²) in [4.78, 5) is 22.3. The van der Waals surface area contributed by atoms with Gasteiger partial charge in [-0.2, -0.15) is 0 Å². The van der Waals surface area contributed by atoms with Crippen molar-refractivity contribution in [2.24, 2.45) is 5.92 Å². The number of benzene rings is 1. The van der Waals surface area contributed by atoms with E-state index < -0.39 is 0 Å². The summed E-state index contributed by atoms with van der Waals surface area (Å²) < 4.78 is 0. The number of amides is 1. The Balaban J connectivity index is 1.34. The van der Waals surface area contributed by atoms with Crippen molar-refractivity contribution in [2.45, 2.75) is 37.8 Å². The van der Waals surface area contributed by atoms with Crippen LogP contribution >= 0.6 is 0 Å². The molecule has 0 radical (unpaired) electrons. The number of nitrogens with zero attached hydrogens (tertiary/aromatic N) is 3. The molecule has 3 fully saturated rings. The molecule has 4 heterocycles. The smallest absolute Gasteiger partial charge is 0.254 e. The Morgan fingerprint density at radius 3 is 2.57 bits per heavy atom. The summed E-state index contributed by atoms with van der Waals surface area (Å²) >= 11 is 0. The largest absolute Gasteiger partial charge is 0.373 e. The van der Waals surface area contributed by atoms with Crippen LogP contribution in [0.25, 0.3) is 0 Å². The van der Waals surface area contributed by atoms with Gasteiger partial charge < -0.3 is 10.2 Å². The average molecular weight is 377 g/mol. The Hall–Kier alpha value is -2.40. The number of anilines is 1. The molecule has 0 saturated carbocycles. The molecule has 2 aromatic rings. The average Bonchev–Trinajstić information content (AvgIpc) is 2.96. The van der Waals surface area contributed by atoms with Gasteiger partial charge in [-0.15, -0.1) is 0 Å². The molecule has 4 aliphatic rings. The van der Waals surface area contributed by atoms with E-state index in [-0.39, 0.29) is 5.91 Å². The summed E-state index contributed by atoms with van der Waals surface area (Å²) in [6.45, 7) is 3.01. The lowest BCUT2D eigenvalue weighted by Gasteiger charge is -2.36. The van der Waals surface area contributed by atoms with Crippen molar-refractivity contribution >= 4 is 11.7 Å². The Morgan fingerprint density at radius 1 is 1.04 bits per heavy atom. The van der Waals surface area contributed by atoms with Crippen molar-refractivity contribution in [1.82, 2.24) is 14.8 Å². The van der Waals surface area contributed by atoms with Crippen LogP contribution in [0.15, 0.2) is 42.6 Å². The highest BCUT2D eigenvalue weighted by molar-refractivity contribution is 5.95. The second-order valence-electron chi connectivity index (χ2n) is 8.52. The van der Waals surface area contributed by atoms with Gasteiger partial charge in [0.15, 0.2) is 0 Å². The fraction of sp³-hybridized carbons (Fsp3) is 0.478. The standard InChI is InChI=1S/C23H28N4O/c1-24-22-12-19(8-9-25-22)23(28)27-14-16-6-7-20(27)15-26(13-16)21-10-17-4-2-3-5-18(17)11-21/h2-5,8-9,12,16,20-21H,6-7,10-11,13-15H2,1H3,(H,24,25)/t16-,20+/m0/s1. The van der Waals surface area contributed by atoms with E-state index in [9.17, 15) is 4.79 Å². The number of carbonyl (C=O) groups excluding carboxylic acids is 1. The van der Waals surface area contributed by atoms with Crippen LogP contribution in [0.5, 0.6) is 0 Å². The molecule has 3 saturated heterocycles. The molecular weight excluding hydrogens is 348 g/mol. The topological polar surface area (TPSA) is 48.5 Å². The van der Waals surface area contributed by atoms with E-state index in [2.05, 4.69) is 44.4 Å². The third-order valence-electron chi connectivity index (χ3n) is 6.81. The zero-order valence-electron chi connectivity index (χ0n) is 16.5. The lowest BCUT2D eigenvalue weighted by molar-refractivity contribution is 0.0581. The first-order valence-electron chi connectivity index (χ1n) is 10.5. The minimum absolute atomic E-state index is 0.158. The maximum Gasteiger partial charge on any atom is 0.254 e. The molecule has 1 aliphatic carbocycles. The lowest BCUT2D eigenvalue weighted by atomic mass is 9.94. The lowest BCUT2D eigenvalue weighted by Crippen LogP contribution is -2.48. The minimum Gasteiger partial charge on any atom is -0.373 e. The Bertz CT molecular complexity index is 857. The van der Waals surface area contributed by atoms with E-state index >= 15 is 0 Å². The molecule has 5 nitrogen and oxygen atoms in total. The Morgan fingerprint density at radius 2 is 1.82 bits per heavy atom. The molecule has 3 aliphatic heterocycles. The molecule has 5 heteroatoms. The van der Waals surface area contributed by atoms with Crippen LogP contribution in [0.3, 0.4) is 0 Å². The second kappa shape index (κ2) is 7.21. The van der Waals surface area contributed by atoms with E-state index in [4.69, 9.17) is 0 Å². The monoisotopic (exact) mass is 376 g/mol. The van der Waals surface area contributed by atoms with E-state index in [0.717, 1.165) is 50.3 Å². The number of fused-ring (bicyclic) bond motifs is 5. The highest BCUT2D eigenvalue weighted by atomic mass is 16.2. The first-order valence-corrected chi connectivity index (χ1v) is 10.5. The number of nitrogens with one attached hydrogen (secondary N) is 1. The van der Waals surface area contributed by atoms with Crippen LogP contribution < -0.4 is 5.32 Å². The highest BCUT2D eigenvalue weighted by Crippen LogP contribution is 2.33. The van der Waals surface area contributed by atoms with E-state index in [1.165, 1.54) is 17.5 Å². The summed E-state index contributed by atoms with van der Waals surface area (Å²) in [5.41, 5.74) is 3.76. The predicted octanol–water partition coefficient (Wildman–Crippen LogP) is 2.83. The second-order valence-corrected chi connectivity index (χ2v) is 8.52. The zero-order valence-corrected chi connectivity index (χ0v) is 16.5. The number of piperidine rings is 1. The molecule has 2 bridgehead atoms. The molecule has 1 amide bonds. The molecule has 1 aromatic carbocycles. The molecule has 0 unspecified atom stereocenters. The summed E-state index contributed by atoms with van der Waals surface area (Å²) in [5, 5.41) is 3.03. The molecule has 6 rings (SSSR count). The normalized spacial score (nSPS) is 24.8. The molecule has 146 valence electrons. The number of pyridine rings is 1. The minimum atomic E-state index is 0.158. The van der Waals surface area contributed by atoms with Crippen molar-refractivity contribution in [1.29, 1.82) is 0 Å². The van der Waals surface area contributed by atoms with Gasteiger partial charge in [0.05, 0.1) is 0 Å². The molecule has 1 aromatic heterocycles. The van der Waals surface area contributed by atoms with Crippen LogP contribution in [0.1, 0.15) is 34.3 Å². The van der Waals surface area contributed by atoms with Gasteiger partial charge in [0, 0.05) is 50.5 Å². The van der Waals surface area contributed by atoms with Gasteiger partial charge in [-0.3, -0.25) is 9.69 Å². The third kappa shape index (κ3) is 3.18. The van der Waals surface area contributed by atoms with Gasteiger partial charge in [-0.25, -0.2) is 4.98 Å². The number of hydrogen-bond acceptors (Lipinski definition) is 4. The molecular formula is C23H28N4O. The van der Waals surface area contributed by atoms with Crippen molar-refractivity contribution in [2.75, 3.05) is 32.0 Å². The van der Waals surface area contributed by atoms with Crippen LogP contribution in [-0.4, -0.2) is 59.5 Å². The van der Waals surface area contributed by atoms with Gasteiger partial charge >= 0.3 is 0 Å². The number of rotatable bonds is 3. The van der Waals surface area contributed by atoms with Gasteiger partial charge in [0.2, 0.25) is 0 Å². The van der Waals surface area contributed by atoms with Crippen molar-refractivity contribution in [3.63, 3.8) is 0 Å². The maximum absolute atomic E-state index is 13.3. The van der Waals surface area contributed by atoms with Crippen LogP contribution in [0.4, 0.5) is 5.82 Å². The highest BCUT2D eigenvalue weighted by Gasteiger charge is 2.40. The summed E-state index contributed by atoms with van der Waals surface area (Å²) in [7, 11) is 1.84. The van der Waals surface area contributed by atoms with Crippen molar-refractivity contribution in [3.05, 3.63) is 59.3 Å². The first kappa shape index (κ1) is 17.7. The molecule has 0 spiro atoms. The summed E-state index contributed by atoms with van der Waals surface area (Å²) in [6, 6.07) is 13.5. The molecule has 28 heavy (non-hydrogen) atoms. The Labute approximate surface area is 166 Å². The fourth-order valence-corrected chi connectivity index (χ4v) is 5.33. The number of aromatic nitrogens is 1. The maximum atomic E-state index is 13.3. The van der Waals surface area contributed by atoms with E-state index in [1.807, 2.05) is 19.2 Å². The summed E-state index contributed by atoms with van der Waals surface area (Å²) in [5.74, 6) is 1.48. The predicted molar refractivity (Wildman–Crippen MR) is 111 cm³/mol. The molecule has 2 atom stereocenters. The first-order chi connectivity index (χ1) is 13.7. The molecule has 1 N–H and O–H groups in total. The quantitative estimate of drug-likeness (QED) is 0.895. The van der Waals surface area contributed by atoms with Gasteiger partial charge in [-0.1, -0.05) is 24.3 Å². The summed E-state index contributed by atoms with van der Waals surface area (Å²) in [6.07, 6.45) is 6.38. The number of carbonyl (C=O) groups is 1. The SMILES string of the molecule is CNc1cc(C(=O)N2C[C@H]3CC[C@@H]2CN(C2Cc4ccccc4C2)C3)ccn1. The van der Waals surface area contributed by atoms with Crippen LogP contribution in [0, 0.1) is 5.92 Å². The van der Waals surface area contributed by atoms with Crippen LogP contribution in [-0.2, 0) is 12.8 Å². The zero-order chi connectivity index (χ0) is 19.1. The third-order valence-corrected chi connectivity index (χ3v) is 6.81. The number of hydrogen-bond donors (Lipinski definition) is 1. The van der Waals surface area contributed by atoms with Crippen molar-refractivity contribution in [3.8, 4) is 0 Å². The van der Waals surface area contributed by atoms with Crippen molar-refractivity contribution < 1.29 is 4.79 Å². The fourth-order valence-electron chi connectivity index (χ4n) is 5.33. The van der Waals surface area contributed by atoms with E-state index in [0.29, 0.717) is 18.0 Å². The van der Waals surface area contributed by atoms with E-state index in [1.54, 1.807) is 6.20 Å². The van der Waals surface area contributed by atoms with Gasteiger partial charge in [-0.05, 0) is 54.9 Å². The van der Waals surface area contributed by atoms with Gasteiger partial charge in [0.1, 0.15) is 5.82 Å². The van der Waals surface area contributed by atoms with Gasteiger partial charge in [0.25, 0.3) is 5.91 Å². The van der Waals surface area contributed by atoms with Crippen LogP contribution in [0.2, 0.25) is 0 Å².